The van der Waals surface area contributed by atoms with Crippen LogP contribution in [0.25, 0.3) is 10.2 Å². The summed E-state index contributed by atoms with van der Waals surface area (Å²) in [5.74, 6) is 1.12. The van der Waals surface area contributed by atoms with Gasteiger partial charge in [0.2, 0.25) is 0 Å². The van der Waals surface area contributed by atoms with Crippen molar-refractivity contribution in [3.63, 3.8) is 0 Å². The molecule has 6 nitrogen and oxygen atoms in total. The Balaban J connectivity index is 1.61. The predicted octanol–water partition coefficient (Wildman–Crippen LogP) is 2.98. The minimum atomic E-state index is 0.146. The van der Waals surface area contributed by atoms with E-state index in [9.17, 15) is 4.79 Å². The second-order valence-electron chi connectivity index (χ2n) is 6.31. The van der Waals surface area contributed by atoms with Gasteiger partial charge < -0.3 is 4.90 Å². The molecule has 3 aromatic heterocycles. The molecule has 0 amide bonds. The molecule has 7 heteroatoms. The van der Waals surface area contributed by atoms with Crippen LogP contribution in [0.5, 0.6) is 0 Å². The van der Waals surface area contributed by atoms with E-state index in [-0.39, 0.29) is 11.8 Å². The number of aryl methyl sites for hydroxylation is 2. The average Bonchev–Trinajstić information content (AvgIpc) is 3.28. The van der Waals surface area contributed by atoms with Gasteiger partial charge in [0.1, 0.15) is 12.1 Å². The Morgan fingerprint density at radius 2 is 2.29 bits per heavy atom. The quantitative estimate of drug-likeness (QED) is 0.683. The number of rotatable bonds is 4. The number of ketones is 1. The van der Waals surface area contributed by atoms with Crippen LogP contribution in [0.2, 0.25) is 0 Å². The molecule has 1 fully saturated rings. The molecule has 4 heterocycles. The number of aromatic nitrogens is 4. The van der Waals surface area contributed by atoms with Gasteiger partial charge >= 0.3 is 0 Å². The lowest BCUT2D eigenvalue weighted by Gasteiger charge is -2.25. The van der Waals surface area contributed by atoms with Gasteiger partial charge in [-0.05, 0) is 30.7 Å². The summed E-state index contributed by atoms with van der Waals surface area (Å²) < 4.78 is 2.79. The highest BCUT2D eigenvalue weighted by atomic mass is 32.1. The van der Waals surface area contributed by atoms with E-state index in [1.807, 2.05) is 7.05 Å². The SMILES string of the molecule is Cc1csc2c(N3CCC[C@H]3CC(=O)c3cnn(C)c3)ncnc12. The Labute approximate surface area is 144 Å². The highest BCUT2D eigenvalue weighted by Crippen LogP contribution is 2.35. The average molecular weight is 341 g/mol. The van der Waals surface area contributed by atoms with Crippen molar-refractivity contribution in [1.82, 2.24) is 19.7 Å². The first-order chi connectivity index (χ1) is 11.6. The zero-order valence-corrected chi connectivity index (χ0v) is 14.6. The summed E-state index contributed by atoms with van der Waals surface area (Å²) in [6, 6.07) is 0.193. The molecule has 1 atom stereocenters. The monoisotopic (exact) mass is 341 g/mol. The van der Waals surface area contributed by atoms with E-state index >= 15 is 0 Å². The van der Waals surface area contributed by atoms with Crippen molar-refractivity contribution in [1.29, 1.82) is 0 Å². The Kier molecular flexibility index (Phi) is 3.80. The van der Waals surface area contributed by atoms with Gasteiger partial charge in [0.25, 0.3) is 0 Å². The summed E-state index contributed by atoms with van der Waals surface area (Å²) >= 11 is 1.68. The van der Waals surface area contributed by atoms with Crippen LogP contribution in [0.15, 0.2) is 24.1 Å². The van der Waals surface area contributed by atoms with E-state index in [0.717, 1.165) is 35.4 Å². The Hall–Kier alpha value is -2.28. The van der Waals surface area contributed by atoms with Gasteiger partial charge in [-0.1, -0.05) is 0 Å². The summed E-state index contributed by atoms with van der Waals surface area (Å²) in [6.45, 7) is 3.01. The highest BCUT2D eigenvalue weighted by Gasteiger charge is 2.30. The molecule has 0 unspecified atom stereocenters. The van der Waals surface area contributed by atoms with Gasteiger partial charge in [-0.3, -0.25) is 9.48 Å². The summed E-state index contributed by atoms with van der Waals surface area (Å²) in [6.07, 6.45) is 7.67. The van der Waals surface area contributed by atoms with Crippen LogP contribution in [-0.4, -0.2) is 38.1 Å². The summed E-state index contributed by atoms with van der Waals surface area (Å²) in [7, 11) is 1.83. The van der Waals surface area contributed by atoms with Crippen LogP contribution < -0.4 is 4.90 Å². The number of carbonyl (C=O) groups excluding carboxylic acids is 1. The molecule has 1 saturated heterocycles. The van der Waals surface area contributed by atoms with Crippen LogP contribution in [0.4, 0.5) is 5.82 Å². The zero-order chi connectivity index (χ0) is 16.7. The summed E-state index contributed by atoms with van der Waals surface area (Å²) in [5.41, 5.74) is 2.89. The first kappa shape index (κ1) is 15.3. The number of anilines is 1. The maximum absolute atomic E-state index is 12.5. The van der Waals surface area contributed by atoms with E-state index in [4.69, 9.17) is 0 Å². The minimum Gasteiger partial charge on any atom is -0.352 e. The Bertz CT molecular complexity index is 899. The van der Waals surface area contributed by atoms with Crippen LogP contribution in [-0.2, 0) is 7.05 Å². The van der Waals surface area contributed by atoms with Gasteiger partial charge in [-0.25, -0.2) is 9.97 Å². The van der Waals surface area contributed by atoms with Gasteiger partial charge in [-0.2, -0.15) is 5.10 Å². The number of fused-ring (bicyclic) bond motifs is 1. The van der Waals surface area contributed by atoms with Crippen LogP contribution in [0.3, 0.4) is 0 Å². The Morgan fingerprint density at radius 1 is 1.42 bits per heavy atom. The normalized spacial score (nSPS) is 17.8. The fourth-order valence-corrected chi connectivity index (χ4v) is 4.39. The number of nitrogens with zero attached hydrogens (tertiary/aromatic N) is 5. The van der Waals surface area contributed by atoms with Crippen molar-refractivity contribution in [2.45, 2.75) is 32.2 Å². The Morgan fingerprint density at radius 3 is 3.08 bits per heavy atom. The maximum Gasteiger partial charge on any atom is 0.168 e. The highest BCUT2D eigenvalue weighted by molar-refractivity contribution is 7.18. The van der Waals surface area contributed by atoms with Gasteiger partial charge in [0.15, 0.2) is 5.78 Å². The molecule has 124 valence electrons. The van der Waals surface area contributed by atoms with Crippen molar-refractivity contribution >= 4 is 33.2 Å². The maximum atomic E-state index is 12.5. The molecule has 4 rings (SSSR count). The number of hydrogen-bond donors (Lipinski definition) is 0. The third-order valence-electron chi connectivity index (χ3n) is 4.61. The molecule has 1 aliphatic heterocycles. The largest absolute Gasteiger partial charge is 0.352 e. The molecular weight excluding hydrogens is 322 g/mol. The second kappa shape index (κ2) is 5.98. The molecule has 0 spiro atoms. The molecule has 0 radical (unpaired) electrons. The van der Waals surface area contributed by atoms with E-state index in [1.54, 1.807) is 34.7 Å². The van der Waals surface area contributed by atoms with E-state index < -0.39 is 0 Å². The standard InChI is InChI=1S/C17H19N5OS/c1-11-9-24-16-15(11)18-10-19-17(16)22-5-3-4-13(22)6-14(23)12-7-20-21(2)8-12/h7-10,13H,3-6H2,1-2H3/t13-/m0/s1. The fourth-order valence-electron chi connectivity index (χ4n) is 3.39. The fraction of sp³-hybridized carbons (Fsp3) is 0.412. The van der Waals surface area contributed by atoms with Crippen LogP contribution >= 0.6 is 11.3 Å². The van der Waals surface area contributed by atoms with Crippen molar-refractivity contribution in [3.8, 4) is 0 Å². The smallest absolute Gasteiger partial charge is 0.168 e. The molecule has 0 aromatic carbocycles. The van der Waals surface area contributed by atoms with E-state index in [2.05, 4.69) is 32.3 Å². The van der Waals surface area contributed by atoms with Crippen molar-refractivity contribution < 1.29 is 4.79 Å². The number of carbonyl (C=O) groups is 1. The first-order valence-corrected chi connectivity index (χ1v) is 8.98. The topological polar surface area (TPSA) is 63.9 Å². The van der Waals surface area contributed by atoms with Gasteiger partial charge in [0.05, 0.1) is 22.0 Å². The van der Waals surface area contributed by atoms with Gasteiger partial charge in [0, 0.05) is 32.3 Å². The minimum absolute atomic E-state index is 0.146. The third kappa shape index (κ3) is 2.58. The van der Waals surface area contributed by atoms with Crippen molar-refractivity contribution in [3.05, 3.63) is 35.2 Å². The third-order valence-corrected chi connectivity index (χ3v) is 5.69. The lowest BCUT2D eigenvalue weighted by molar-refractivity contribution is 0.0974. The number of hydrogen-bond acceptors (Lipinski definition) is 6. The molecule has 0 bridgehead atoms. The molecular formula is C17H19N5OS. The van der Waals surface area contributed by atoms with E-state index in [0.29, 0.717) is 12.0 Å². The van der Waals surface area contributed by atoms with Crippen molar-refractivity contribution in [2.24, 2.45) is 7.05 Å². The summed E-state index contributed by atoms with van der Waals surface area (Å²) in [5, 5.41) is 6.22. The number of Topliss-reactive ketones (excluding diaryl/α,β-unsaturated/α-hetero) is 1. The van der Waals surface area contributed by atoms with E-state index in [1.165, 1.54) is 5.56 Å². The van der Waals surface area contributed by atoms with Crippen LogP contribution in [0.1, 0.15) is 35.2 Å². The predicted molar refractivity (Wildman–Crippen MR) is 94.7 cm³/mol. The summed E-state index contributed by atoms with van der Waals surface area (Å²) in [4.78, 5) is 23.8. The first-order valence-electron chi connectivity index (χ1n) is 8.11. The molecule has 1 aliphatic rings. The molecule has 0 saturated carbocycles. The second-order valence-corrected chi connectivity index (χ2v) is 7.19. The van der Waals surface area contributed by atoms with Crippen molar-refractivity contribution in [2.75, 3.05) is 11.4 Å². The lowest BCUT2D eigenvalue weighted by Crippen LogP contribution is -2.32. The molecule has 0 N–H and O–H groups in total. The van der Waals surface area contributed by atoms with Gasteiger partial charge in [-0.15, -0.1) is 11.3 Å². The lowest BCUT2D eigenvalue weighted by atomic mass is 10.0. The molecule has 24 heavy (non-hydrogen) atoms. The van der Waals surface area contributed by atoms with Crippen LogP contribution in [0, 0.1) is 6.92 Å². The molecule has 0 aliphatic carbocycles. The zero-order valence-electron chi connectivity index (χ0n) is 13.8. The molecule has 3 aromatic rings. The number of thiophene rings is 1.